The van der Waals surface area contributed by atoms with Crippen molar-refractivity contribution in [3.8, 4) is 11.5 Å². The molecule has 0 saturated carbocycles. The Morgan fingerprint density at radius 3 is 2.59 bits per heavy atom. The summed E-state index contributed by atoms with van der Waals surface area (Å²) >= 11 is 5.85. The number of nitrogens with zero attached hydrogens (tertiary/aromatic N) is 1. The third kappa shape index (κ3) is 5.58. The van der Waals surface area contributed by atoms with Gasteiger partial charge in [-0.2, -0.15) is 13.2 Å². The van der Waals surface area contributed by atoms with Gasteiger partial charge in [-0.1, -0.05) is 11.6 Å². The largest absolute Gasteiger partial charge is 0.463 e. The highest BCUT2D eigenvalue weighted by Gasteiger charge is 2.31. The van der Waals surface area contributed by atoms with Crippen LogP contribution in [0, 0.1) is 10.1 Å². The molecule has 154 valence electrons. The standard InChI is InChI=1S/C18H13ClF3NO6/c19-14-7-11(18(20,21)22)1-4-16(14)29-12-2-3-15(23(25)26)10(5-12)6-17(24)28-9-13-8-27-13/h1-5,7,13H,6,8-9H2. The molecular formula is C18H13ClF3NO6. The van der Waals surface area contributed by atoms with E-state index < -0.39 is 22.6 Å². The summed E-state index contributed by atoms with van der Waals surface area (Å²) in [5, 5.41) is 10.9. The lowest BCUT2D eigenvalue weighted by molar-refractivity contribution is -0.385. The van der Waals surface area contributed by atoms with E-state index in [1.807, 2.05) is 0 Å². The first-order chi connectivity index (χ1) is 13.6. The third-order valence-corrected chi connectivity index (χ3v) is 4.20. The van der Waals surface area contributed by atoms with Gasteiger partial charge >= 0.3 is 12.1 Å². The smallest absolute Gasteiger partial charge is 0.416 e. The van der Waals surface area contributed by atoms with Crippen molar-refractivity contribution in [1.29, 1.82) is 0 Å². The van der Waals surface area contributed by atoms with Gasteiger partial charge in [-0.05, 0) is 30.3 Å². The number of carbonyl (C=O) groups excluding carboxylic acids is 1. The highest BCUT2D eigenvalue weighted by Crippen LogP contribution is 2.37. The van der Waals surface area contributed by atoms with Crippen molar-refractivity contribution in [2.45, 2.75) is 18.7 Å². The molecule has 0 amide bonds. The summed E-state index contributed by atoms with van der Waals surface area (Å²) in [5.74, 6) is -0.702. The van der Waals surface area contributed by atoms with Gasteiger partial charge in [0.05, 0.1) is 28.5 Å². The molecule has 1 unspecified atom stereocenters. The topological polar surface area (TPSA) is 91.2 Å². The van der Waals surface area contributed by atoms with Gasteiger partial charge in [0.1, 0.15) is 24.2 Å². The Balaban J connectivity index is 1.79. The molecule has 29 heavy (non-hydrogen) atoms. The Kier molecular flexibility index (Phi) is 5.94. The number of hydrogen-bond acceptors (Lipinski definition) is 6. The maximum Gasteiger partial charge on any atom is 0.416 e. The molecule has 0 spiro atoms. The van der Waals surface area contributed by atoms with Crippen molar-refractivity contribution in [2.75, 3.05) is 13.2 Å². The van der Waals surface area contributed by atoms with E-state index in [9.17, 15) is 28.1 Å². The van der Waals surface area contributed by atoms with Crippen molar-refractivity contribution in [1.82, 2.24) is 0 Å². The van der Waals surface area contributed by atoms with Crippen LogP contribution in [0.25, 0.3) is 0 Å². The summed E-state index contributed by atoms with van der Waals surface area (Å²) in [6, 6.07) is 6.15. The van der Waals surface area contributed by atoms with E-state index in [2.05, 4.69) is 0 Å². The average Bonchev–Trinajstić information content (AvgIpc) is 3.45. The van der Waals surface area contributed by atoms with E-state index in [0.717, 1.165) is 18.2 Å². The summed E-state index contributed by atoms with van der Waals surface area (Å²) < 4.78 is 53.5. The van der Waals surface area contributed by atoms with Crippen LogP contribution in [0.15, 0.2) is 36.4 Å². The first kappa shape index (κ1) is 20.9. The SMILES string of the molecule is O=C(Cc1cc(Oc2ccc(C(F)(F)F)cc2Cl)ccc1[N+](=O)[O-])OCC1CO1. The van der Waals surface area contributed by atoms with Crippen LogP contribution in [0.2, 0.25) is 5.02 Å². The predicted octanol–water partition coefficient (Wildman–Crippen LogP) is 4.54. The minimum absolute atomic E-state index is 0.0252. The van der Waals surface area contributed by atoms with E-state index in [-0.39, 0.29) is 46.9 Å². The zero-order valence-corrected chi connectivity index (χ0v) is 15.3. The first-order valence-electron chi connectivity index (χ1n) is 8.22. The number of ether oxygens (including phenoxy) is 3. The summed E-state index contributed by atoms with van der Waals surface area (Å²) in [7, 11) is 0. The van der Waals surface area contributed by atoms with Crippen molar-refractivity contribution < 1.29 is 37.1 Å². The van der Waals surface area contributed by atoms with Gasteiger partial charge in [-0.15, -0.1) is 0 Å². The molecule has 1 heterocycles. The van der Waals surface area contributed by atoms with E-state index in [1.165, 1.54) is 12.1 Å². The molecule has 1 aliphatic heterocycles. The lowest BCUT2D eigenvalue weighted by atomic mass is 10.1. The van der Waals surface area contributed by atoms with Crippen molar-refractivity contribution in [3.05, 3.63) is 62.7 Å². The van der Waals surface area contributed by atoms with E-state index in [1.54, 1.807) is 0 Å². The number of benzene rings is 2. The molecule has 2 aromatic rings. The first-order valence-corrected chi connectivity index (χ1v) is 8.60. The Hall–Kier alpha value is -2.85. The van der Waals surface area contributed by atoms with Crippen molar-refractivity contribution in [2.24, 2.45) is 0 Å². The predicted molar refractivity (Wildman–Crippen MR) is 94.0 cm³/mol. The van der Waals surface area contributed by atoms with Crippen LogP contribution in [-0.4, -0.2) is 30.2 Å². The van der Waals surface area contributed by atoms with Crippen LogP contribution in [0.3, 0.4) is 0 Å². The second-order valence-electron chi connectivity index (χ2n) is 6.11. The maximum atomic E-state index is 12.7. The molecule has 7 nitrogen and oxygen atoms in total. The highest BCUT2D eigenvalue weighted by atomic mass is 35.5. The van der Waals surface area contributed by atoms with Crippen LogP contribution in [0.5, 0.6) is 11.5 Å². The monoisotopic (exact) mass is 431 g/mol. The Morgan fingerprint density at radius 2 is 2.00 bits per heavy atom. The van der Waals surface area contributed by atoms with Gasteiger partial charge < -0.3 is 14.2 Å². The molecule has 0 N–H and O–H groups in total. The fourth-order valence-electron chi connectivity index (χ4n) is 2.39. The number of rotatable bonds is 7. The summed E-state index contributed by atoms with van der Waals surface area (Å²) in [6.07, 6.45) is -5.10. The molecular weight excluding hydrogens is 419 g/mol. The van der Waals surface area contributed by atoms with Gasteiger partial charge in [0, 0.05) is 11.6 Å². The second-order valence-corrected chi connectivity index (χ2v) is 6.51. The van der Waals surface area contributed by atoms with Crippen molar-refractivity contribution >= 4 is 23.3 Å². The Bertz CT molecular complexity index is 946. The quantitative estimate of drug-likeness (QED) is 0.276. The molecule has 0 radical (unpaired) electrons. The zero-order valence-electron chi connectivity index (χ0n) is 14.6. The van der Waals surface area contributed by atoms with Crippen LogP contribution in [0.1, 0.15) is 11.1 Å². The fraction of sp³-hybridized carbons (Fsp3) is 0.278. The van der Waals surface area contributed by atoms with E-state index >= 15 is 0 Å². The fourth-order valence-corrected chi connectivity index (χ4v) is 2.61. The maximum absolute atomic E-state index is 12.7. The third-order valence-electron chi connectivity index (χ3n) is 3.90. The van der Waals surface area contributed by atoms with Gasteiger partial charge in [0.15, 0.2) is 0 Å². The summed E-state index contributed by atoms with van der Waals surface area (Å²) in [5.41, 5.74) is -1.24. The highest BCUT2D eigenvalue weighted by molar-refractivity contribution is 6.32. The lowest BCUT2D eigenvalue weighted by Crippen LogP contribution is -2.13. The van der Waals surface area contributed by atoms with Crippen LogP contribution in [0.4, 0.5) is 18.9 Å². The number of nitro groups is 1. The molecule has 0 bridgehead atoms. The molecule has 0 aliphatic carbocycles. The molecule has 1 fully saturated rings. The molecule has 0 aromatic heterocycles. The van der Waals surface area contributed by atoms with Gasteiger partial charge in [-0.3, -0.25) is 14.9 Å². The van der Waals surface area contributed by atoms with Gasteiger partial charge in [0.2, 0.25) is 0 Å². The van der Waals surface area contributed by atoms with Gasteiger partial charge in [-0.25, -0.2) is 0 Å². The molecule has 3 rings (SSSR count). The number of esters is 1. The lowest BCUT2D eigenvalue weighted by Gasteiger charge is -2.12. The number of nitro benzene ring substituents is 1. The minimum Gasteiger partial charge on any atom is -0.463 e. The number of halogens is 4. The normalized spacial score (nSPS) is 15.7. The van der Waals surface area contributed by atoms with E-state index in [0.29, 0.717) is 12.7 Å². The summed E-state index contributed by atoms with van der Waals surface area (Å²) in [4.78, 5) is 22.4. The Labute approximate surface area is 167 Å². The van der Waals surface area contributed by atoms with E-state index in [4.69, 9.17) is 25.8 Å². The summed E-state index contributed by atoms with van der Waals surface area (Å²) in [6.45, 7) is 0.550. The molecule has 11 heteroatoms. The van der Waals surface area contributed by atoms with Crippen LogP contribution >= 0.6 is 11.6 Å². The number of carbonyl (C=O) groups is 1. The second kappa shape index (κ2) is 8.26. The van der Waals surface area contributed by atoms with Gasteiger partial charge in [0.25, 0.3) is 5.69 Å². The number of hydrogen-bond donors (Lipinski definition) is 0. The Morgan fingerprint density at radius 1 is 1.28 bits per heavy atom. The average molecular weight is 432 g/mol. The molecule has 2 aromatic carbocycles. The molecule has 1 saturated heterocycles. The van der Waals surface area contributed by atoms with Crippen molar-refractivity contribution in [3.63, 3.8) is 0 Å². The minimum atomic E-state index is -4.56. The van der Waals surface area contributed by atoms with Crippen LogP contribution in [-0.2, 0) is 26.9 Å². The molecule has 1 atom stereocenters. The number of epoxide rings is 1. The van der Waals surface area contributed by atoms with Crippen LogP contribution < -0.4 is 4.74 Å². The number of alkyl halides is 3. The zero-order chi connectivity index (χ0) is 21.2. The molecule has 1 aliphatic rings.